The van der Waals surface area contributed by atoms with Crippen molar-refractivity contribution < 1.29 is 23.1 Å². The standard InChI is InChI=1S/C15H19F2NO3S/c1-4-9(2)14(15(20)21-3)18-13(19)8-22-12-6-5-10(16)7-11(12)17/h5-7,9,14H,4,8H2,1-3H3,(H,18,19)/t9-,14+/m0/s1. The Labute approximate surface area is 132 Å². The molecule has 2 atom stereocenters. The zero-order chi connectivity index (χ0) is 16.7. The van der Waals surface area contributed by atoms with Crippen molar-refractivity contribution in [2.45, 2.75) is 31.2 Å². The number of nitrogens with one attached hydrogen (secondary N) is 1. The zero-order valence-corrected chi connectivity index (χ0v) is 13.5. The molecule has 1 amide bonds. The van der Waals surface area contributed by atoms with Crippen LogP contribution in [0, 0.1) is 17.6 Å². The lowest BCUT2D eigenvalue weighted by Gasteiger charge is -2.21. The quantitative estimate of drug-likeness (QED) is 0.617. The second-order valence-electron chi connectivity index (χ2n) is 4.82. The van der Waals surface area contributed by atoms with E-state index in [-0.39, 0.29) is 16.6 Å². The molecule has 0 aliphatic carbocycles. The van der Waals surface area contributed by atoms with Crippen LogP contribution < -0.4 is 5.32 Å². The number of hydrogen-bond donors (Lipinski definition) is 1. The van der Waals surface area contributed by atoms with Gasteiger partial charge in [-0.1, -0.05) is 20.3 Å². The molecule has 0 saturated carbocycles. The lowest BCUT2D eigenvalue weighted by atomic mass is 9.99. The topological polar surface area (TPSA) is 55.4 Å². The van der Waals surface area contributed by atoms with Crippen LogP contribution in [0.4, 0.5) is 8.78 Å². The molecule has 4 nitrogen and oxygen atoms in total. The highest BCUT2D eigenvalue weighted by atomic mass is 32.2. The highest BCUT2D eigenvalue weighted by Crippen LogP contribution is 2.22. The van der Waals surface area contributed by atoms with E-state index in [1.807, 2.05) is 13.8 Å². The minimum atomic E-state index is -0.735. The normalized spacial score (nSPS) is 13.3. The smallest absolute Gasteiger partial charge is 0.328 e. The molecule has 1 N–H and O–H groups in total. The van der Waals surface area contributed by atoms with E-state index >= 15 is 0 Å². The SMILES string of the molecule is CC[C@H](C)[C@@H](NC(=O)CSc1ccc(F)cc1F)C(=O)OC. The summed E-state index contributed by atoms with van der Waals surface area (Å²) in [4.78, 5) is 23.8. The lowest BCUT2D eigenvalue weighted by molar-refractivity contribution is -0.146. The molecule has 1 aromatic carbocycles. The second kappa shape index (κ2) is 8.73. The fourth-order valence-electron chi connectivity index (χ4n) is 1.75. The average molecular weight is 331 g/mol. The van der Waals surface area contributed by atoms with Gasteiger partial charge in [0.15, 0.2) is 0 Å². The van der Waals surface area contributed by atoms with Crippen molar-refractivity contribution in [1.82, 2.24) is 5.32 Å². The third-order valence-electron chi connectivity index (χ3n) is 3.24. The van der Waals surface area contributed by atoms with Gasteiger partial charge in [0.05, 0.1) is 12.9 Å². The summed E-state index contributed by atoms with van der Waals surface area (Å²) in [5.74, 6) is -2.47. The maximum Gasteiger partial charge on any atom is 0.328 e. The van der Waals surface area contributed by atoms with Crippen molar-refractivity contribution in [2.24, 2.45) is 5.92 Å². The van der Waals surface area contributed by atoms with Crippen LogP contribution in [0.3, 0.4) is 0 Å². The number of benzene rings is 1. The van der Waals surface area contributed by atoms with Gasteiger partial charge in [0.1, 0.15) is 17.7 Å². The Morgan fingerprint density at radius 2 is 2.05 bits per heavy atom. The van der Waals surface area contributed by atoms with Crippen molar-refractivity contribution >= 4 is 23.6 Å². The highest BCUT2D eigenvalue weighted by Gasteiger charge is 2.26. The van der Waals surface area contributed by atoms with Gasteiger partial charge >= 0.3 is 5.97 Å². The molecule has 0 aromatic heterocycles. The van der Waals surface area contributed by atoms with Crippen molar-refractivity contribution in [2.75, 3.05) is 12.9 Å². The number of thioether (sulfide) groups is 1. The summed E-state index contributed by atoms with van der Waals surface area (Å²) in [6.07, 6.45) is 0.694. The van der Waals surface area contributed by atoms with Crippen LogP contribution in [-0.2, 0) is 14.3 Å². The van der Waals surface area contributed by atoms with E-state index in [0.717, 1.165) is 23.9 Å². The number of rotatable bonds is 7. The molecule has 0 aliphatic rings. The number of methoxy groups -OCH3 is 1. The number of halogens is 2. The molecule has 0 fully saturated rings. The molecule has 0 unspecified atom stereocenters. The molecule has 0 radical (unpaired) electrons. The Balaban J connectivity index is 2.62. The molecule has 0 saturated heterocycles. The molecule has 122 valence electrons. The Bertz CT molecular complexity index is 540. The number of ether oxygens (including phenoxy) is 1. The first-order chi connectivity index (χ1) is 10.4. The molecular weight excluding hydrogens is 312 g/mol. The number of esters is 1. The summed E-state index contributed by atoms with van der Waals surface area (Å²) in [7, 11) is 1.26. The average Bonchev–Trinajstić information content (AvgIpc) is 2.50. The summed E-state index contributed by atoms with van der Waals surface area (Å²) in [6, 6.07) is 2.42. The molecule has 22 heavy (non-hydrogen) atoms. The van der Waals surface area contributed by atoms with Gasteiger partial charge < -0.3 is 10.1 Å². The molecule has 1 aromatic rings. The monoisotopic (exact) mass is 331 g/mol. The Hall–Kier alpha value is -1.63. The largest absolute Gasteiger partial charge is 0.467 e. The van der Waals surface area contributed by atoms with Crippen LogP contribution in [-0.4, -0.2) is 30.8 Å². The Morgan fingerprint density at radius 1 is 1.36 bits per heavy atom. The number of carbonyl (C=O) groups is 2. The van der Waals surface area contributed by atoms with Crippen molar-refractivity contribution in [3.63, 3.8) is 0 Å². The molecule has 7 heteroatoms. The van der Waals surface area contributed by atoms with Crippen molar-refractivity contribution in [1.29, 1.82) is 0 Å². The van der Waals surface area contributed by atoms with Crippen molar-refractivity contribution in [3.05, 3.63) is 29.8 Å². The molecule has 0 bridgehead atoms. The third kappa shape index (κ3) is 5.29. The van der Waals surface area contributed by atoms with Gasteiger partial charge in [-0.25, -0.2) is 13.6 Å². The van der Waals surface area contributed by atoms with Gasteiger partial charge in [0.25, 0.3) is 0 Å². The lowest BCUT2D eigenvalue weighted by Crippen LogP contribution is -2.46. The Morgan fingerprint density at radius 3 is 2.59 bits per heavy atom. The molecule has 1 rings (SSSR count). The van der Waals surface area contributed by atoms with Crippen LogP contribution in [0.15, 0.2) is 23.1 Å². The minimum absolute atomic E-state index is 0.0769. The van der Waals surface area contributed by atoms with Crippen LogP contribution in [0.25, 0.3) is 0 Å². The minimum Gasteiger partial charge on any atom is -0.467 e. The van der Waals surface area contributed by atoms with E-state index in [0.29, 0.717) is 6.42 Å². The van der Waals surface area contributed by atoms with E-state index in [1.54, 1.807) is 0 Å². The molecular formula is C15H19F2NO3S. The number of carbonyl (C=O) groups excluding carboxylic acids is 2. The first kappa shape index (κ1) is 18.4. The highest BCUT2D eigenvalue weighted by molar-refractivity contribution is 8.00. The number of amides is 1. The van der Waals surface area contributed by atoms with Crippen LogP contribution in [0.2, 0.25) is 0 Å². The van der Waals surface area contributed by atoms with Crippen LogP contribution >= 0.6 is 11.8 Å². The van der Waals surface area contributed by atoms with Gasteiger partial charge in [-0.2, -0.15) is 0 Å². The predicted octanol–water partition coefficient (Wildman–Crippen LogP) is 2.76. The van der Waals surface area contributed by atoms with Gasteiger partial charge in [0, 0.05) is 11.0 Å². The summed E-state index contributed by atoms with van der Waals surface area (Å²) in [6.45, 7) is 3.73. The van der Waals surface area contributed by atoms with E-state index in [9.17, 15) is 18.4 Å². The molecule has 0 heterocycles. The summed E-state index contributed by atoms with van der Waals surface area (Å²) < 4.78 is 30.9. The fourth-order valence-corrected chi connectivity index (χ4v) is 2.48. The summed E-state index contributed by atoms with van der Waals surface area (Å²) >= 11 is 0.939. The fraction of sp³-hybridized carbons (Fsp3) is 0.467. The first-order valence-corrected chi connectivity index (χ1v) is 7.82. The van der Waals surface area contributed by atoms with Gasteiger partial charge in [-0.15, -0.1) is 11.8 Å². The molecule has 0 spiro atoms. The first-order valence-electron chi connectivity index (χ1n) is 6.84. The van der Waals surface area contributed by atoms with Crippen LogP contribution in [0.5, 0.6) is 0 Å². The molecule has 0 aliphatic heterocycles. The third-order valence-corrected chi connectivity index (χ3v) is 4.29. The zero-order valence-electron chi connectivity index (χ0n) is 12.7. The van der Waals surface area contributed by atoms with Gasteiger partial charge in [0.2, 0.25) is 5.91 Å². The number of hydrogen-bond acceptors (Lipinski definition) is 4. The van der Waals surface area contributed by atoms with Crippen LogP contribution in [0.1, 0.15) is 20.3 Å². The predicted molar refractivity (Wildman–Crippen MR) is 80.5 cm³/mol. The van der Waals surface area contributed by atoms with E-state index in [2.05, 4.69) is 10.1 Å². The Kier molecular flexibility index (Phi) is 7.31. The summed E-state index contributed by atoms with van der Waals surface area (Å²) in [5, 5.41) is 2.59. The van der Waals surface area contributed by atoms with E-state index < -0.39 is 29.6 Å². The summed E-state index contributed by atoms with van der Waals surface area (Å²) in [5.41, 5.74) is 0. The second-order valence-corrected chi connectivity index (χ2v) is 5.83. The maximum absolute atomic E-state index is 13.5. The van der Waals surface area contributed by atoms with Gasteiger partial charge in [-0.05, 0) is 18.1 Å². The van der Waals surface area contributed by atoms with E-state index in [1.165, 1.54) is 13.2 Å². The van der Waals surface area contributed by atoms with E-state index in [4.69, 9.17) is 0 Å². The maximum atomic E-state index is 13.5. The van der Waals surface area contributed by atoms with Gasteiger partial charge in [-0.3, -0.25) is 4.79 Å². The van der Waals surface area contributed by atoms with Crippen molar-refractivity contribution in [3.8, 4) is 0 Å².